The van der Waals surface area contributed by atoms with Crippen LogP contribution < -0.4 is 10.6 Å². The number of carbonyl (C=O) groups excluding carboxylic acids is 1. The molecule has 1 aromatic carbocycles. The topological polar surface area (TPSA) is 92.1 Å². The first kappa shape index (κ1) is 21.3. The van der Waals surface area contributed by atoms with Gasteiger partial charge in [-0.2, -0.15) is 5.10 Å². The summed E-state index contributed by atoms with van der Waals surface area (Å²) in [6, 6.07) is 8.15. The van der Waals surface area contributed by atoms with E-state index in [0.717, 1.165) is 41.5 Å². The number of hydrogen-bond donors (Lipinski definition) is 3. The Labute approximate surface area is 182 Å². The summed E-state index contributed by atoms with van der Waals surface area (Å²) < 4.78 is 1.83. The van der Waals surface area contributed by atoms with Crippen LogP contribution in [-0.2, 0) is 6.54 Å². The number of pyridine rings is 1. The number of nitrogens with one attached hydrogen (secondary N) is 2. The maximum atomic E-state index is 13.3. The molecule has 7 nitrogen and oxygen atoms in total. The number of amides is 1. The summed E-state index contributed by atoms with van der Waals surface area (Å²) in [6.45, 7) is 6.75. The Balaban J connectivity index is 1.65. The first-order valence-electron chi connectivity index (χ1n) is 11.1. The van der Waals surface area contributed by atoms with Crippen LogP contribution in [-0.4, -0.2) is 37.9 Å². The van der Waals surface area contributed by atoms with Crippen molar-refractivity contribution in [1.29, 1.82) is 0 Å². The summed E-state index contributed by atoms with van der Waals surface area (Å²) in [5.41, 5.74) is 4.24. The molecule has 2 unspecified atom stereocenters. The molecule has 1 aliphatic carbocycles. The summed E-state index contributed by atoms with van der Waals surface area (Å²) in [5, 5.41) is 22.0. The van der Waals surface area contributed by atoms with Crippen LogP contribution in [0.2, 0.25) is 0 Å². The van der Waals surface area contributed by atoms with E-state index in [2.05, 4.69) is 20.7 Å². The zero-order chi connectivity index (χ0) is 22.0. The fourth-order valence-corrected chi connectivity index (χ4v) is 4.30. The third-order valence-corrected chi connectivity index (χ3v) is 6.13. The van der Waals surface area contributed by atoms with Gasteiger partial charge >= 0.3 is 0 Å². The molecule has 2 aromatic heterocycles. The standard InChI is InChI=1S/C24H31N5O2/c1-4-29-23-20(14-26-29)22(28-18-6-5-7-19(30)12-18)21(13-25-23)24(31)27-16(3)17-10-8-15(2)9-11-17/h8-11,13-14,16,18-19,30H,4-7,12H2,1-3H3,(H,25,28)(H,27,31)/t16-,18?,19?/m1/s1. The summed E-state index contributed by atoms with van der Waals surface area (Å²) >= 11 is 0. The van der Waals surface area contributed by atoms with E-state index in [-0.39, 0.29) is 24.1 Å². The summed E-state index contributed by atoms with van der Waals surface area (Å²) in [7, 11) is 0. The Kier molecular flexibility index (Phi) is 6.23. The molecule has 1 fully saturated rings. The second-order valence-electron chi connectivity index (χ2n) is 8.51. The Morgan fingerprint density at radius 1 is 1.26 bits per heavy atom. The third-order valence-electron chi connectivity index (χ3n) is 6.13. The molecule has 4 rings (SSSR count). The van der Waals surface area contributed by atoms with Gasteiger partial charge in [-0.05, 0) is 52.0 Å². The summed E-state index contributed by atoms with van der Waals surface area (Å²) in [4.78, 5) is 17.8. The van der Waals surface area contributed by atoms with Gasteiger partial charge in [0.15, 0.2) is 5.65 Å². The monoisotopic (exact) mass is 421 g/mol. The van der Waals surface area contributed by atoms with Crippen molar-refractivity contribution in [2.45, 2.75) is 71.2 Å². The molecule has 0 radical (unpaired) electrons. The average Bonchev–Trinajstić information content (AvgIpc) is 3.18. The molecule has 31 heavy (non-hydrogen) atoms. The van der Waals surface area contributed by atoms with Gasteiger partial charge in [0.05, 0.1) is 35.0 Å². The average molecular weight is 422 g/mol. The third kappa shape index (κ3) is 4.56. The number of carbonyl (C=O) groups is 1. The Morgan fingerprint density at radius 3 is 2.74 bits per heavy atom. The van der Waals surface area contributed by atoms with Crippen molar-refractivity contribution >= 4 is 22.6 Å². The molecule has 0 spiro atoms. The lowest BCUT2D eigenvalue weighted by Crippen LogP contribution is -2.32. The van der Waals surface area contributed by atoms with Crippen molar-refractivity contribution in [3.8, 4) is 0 Å². The predicted octanol–water partition coefficient (Wildman–Crippen LogP) is 3.97. The van der Waals surface area contributed by atoms with E-state index in [1.165, 1.54) is 5.56 Å². The number of rotatable bonds is 6. The van der Waals surface area contributed by atoms with Gasteiger partial charge in [-0.25, -0.2) is 9.67 Å². The van der Waals surface area contributed by atoms with E-state index in [1.54, 1.807) is 12.4 Å². The van der Waals surface area contributed by atoms with E-state index in [9.17, 15) is 9.90 Å². The van der Waals surface area contributed by atoms with Crippen molar-refractivity contribution in [2.75, 3.05) is 5.32 Å². The molecule has 3 aromatic rings. The van der Waals surface area contributed by atoms with Crippen LogP contribution in [0.4, 0.5) is 5.69 Å². The normalized spacial score (nSPS) is 19.9. The van der Waals surface area contributed by atoms with Crippen LogP contribution in [0, 0.1) is 6.92 Å². The molecule has 7 heteroatoms. The Hall–Kier alpha value is -2.93. The van der Waals surface area contributed by atoms with Crippen molar-refractivity contribution in [3.05, 3.63) is 53.3 Å². The minimum absolute atomic E-state index is 0.111. The van der Waals surface area contributed by atoms with Crippen LogP contribution in [0.25, 0.3) is 11.0 Å². The van der Waals surface area contributed by atoms with Crippen LogP contribution in [0.1, 0.15) is 67.1 Å². The number of fused-ring (bicyclic) bond motifs is 1. The van der Waals surface area contributed by atoms with E-state index in [4.69, 9.17) is 0 Å². The van der Waals surface area contributed by atoms with Gasteiger partial charge in [0.1, 0.15) is 0 Å². The van der Waals surface area contributed by atoms with E-state index in [0.29, 0.717) is 18.5 Å². The zero-order valence-electron chi connectivity index (χ0n) is 18.4. The minimum atomic E-state index is -0.305. The number of aliphatic hydroxyl groups is 1. The molecule has 164 valence electrons. The molecular formula is C24H31N5O2. The van der Waals surface area contributed by atoms with Crippen LogP contribution in [0.5, 0.6) is 0 Å². The van der Waals surface area contributed by atoms with Gasteiger partial charge in [-0.15, -0.1) is 0 Å². The second-order valence-corrected chi connectivity index (χ2v) is 8.51. The predicted molar refractivity (Wildman–Crippen MR) is 122 cm³/mol. The lowest BCUT2D eigenvalue weighted by atomic mass is 9.92. The maximum absolute atomic E-state index is 13.3. The van der Waals surface area contributed by atoms with E-state index in [1.807, 2.05) is 49.7 Å². The number of aliphatic hydroxyl groups excluding tert-OH is 1. The summed E-state index contributed by atoms with van der Waals surface area (Å²) in [6.07, 6.45) is 6.53. The zero-order valence-corrected chi connectivity index (χ0v) is 18.4. The number of aryl methyl sites for hydroxylation is 2. The largest absolute Gasteiger partial charge is 0.393 e. The number of benzene rings is 1. The smallest absolute Gasteiger partial charge is 0.255 e. The molecule has 3 N–H and O–H groups in total. The molecule has 0 aliphatic heterocycles. The highest BCUT2D eigenvalue weighted by Gasteiger charge is 2.25. The maximum Gasteiger partial charge on any atom is 0.255 e. The number of aromatic nitrogens is 3. The number of nitrogens with zero attached hydrogens (tertiary/aromatic N) is 3. The van der Waals surface area contributed by atoms with Crippen molar-refractivity contribution in [3.63, 3.8) is 0 Å². The van der Waals surface area contributed by atoms with Crippen molar-refractivity contribution in [1.82, 2.24) is 20.1 Å². The van der Waals surface area contributed by atoms with Crippen LogP contribution in [0.15, 0.2) is 36.7 Å². The van der Waals surface area contributed by atoms with Crippen LogP contribution in [0.3, 0.4) is 0 Å². The number of anilines is 1. The fourth-order valence-electron chi connectivity index (χ4n) is 4.30. The lowest BCUT2D eigenvalue weighted by Gasteiger charge is -2.28. The van der Waals surface area contributed by atoms with E-state index >= 15 is 0 Å². The first-order chi connectivity index (χ1) is 15.0. The van der Waals surface area contributed by atoms with Gasteiger partial charge in [0.2, 0.25) is 0 Å². The van der Waals surface area contributed by atoms with E-state index < -0.39 is 0 Å². The molecule has 1 amide bonds. The molecule has 1 saturated carbocycles. The second kappa shape index (κ2) is 9.06. The van der Waals surface area contributed by atoms with Gasteiger partial charge < -0.3 is 15.7 Å². The SMILES string of the molecule is CCn1ncc2c(NC3CCCC(O)C3)c(C(=O)N[C@H](C)c3ccc(C)cc3)cnc21. The quantitative estimate of drug-likeness (QED) is 0.560. The van der Waals surface area contributed by atoms with Gasteiger partial charge in [-0.1, -0.05) is 29.8 Å². The first-order valence-corrected chi connectivity index (χ1v) is 11.1. The molecular weight excluding hydrogens is 390 g/mol. The van der Waals surface area contributed by atoms with Crippen molar-refractivity contribution in [2.24, 2.45) is 0 Å². The molecule has 0 bridgehead atoms. The highest BCUT2D eigenvalue weighted by atomic mass is 16.3. The molecule has 3 atom stereocenters. The lowest BCUT2D eigenvalue weighted by molar-refractivity contribution is 0.0940. The van der Waals surface area contributed by atoms with Crippen LogP contribution >= 0.6 is 0 Å². The molecule has 1 aliphatic rings. The summed E-state index contributed by atoms with van der Waals surface area (Å²) in [5.74, 6) is -0.175. The Morgan fingerprint density at radius 2 is 2.03 bits per heavy atom. The van der Waals surface area contributed by atoms with Gasteiger partial charge in [0, 0.05) is 18.8 Å². The minimum Gasteiger partial charge on any atom is -0.393 e. The molecule has 0 saturated heterocycles. The van der Waals surface area contributed by atoms with Gasteiger partial charge in [-0.3, -0.25) is 4.79 Å². The highest BCUT2D eigenvalue weighted by Crippen LogP contribution is 2.30. The number of hydrogen-bond acceptors (Lipinski definition) is 5. The fraction of sp³-hybridized carbons (Fsp3) is 0.458. The Bertz CT molecular complexity index is 1060. The highest BCUT2D eigenvalue weighted by molar-refractivity contribution is 6.06. The molecule has 2 heterocycles. The van der Waals surface area contributed by atoms with Crippen molar-refractivity contribution < 1.29 is 9.90 Å². The van der Waals surface area contributed by atoms with Gasteiger partial charge in [0.25, 0.3) is 5.91 Å².